The topological polar surface area (TPSA) is 64.8 Å². The van der Waals surface area contributed by atoms with Gasteiger partial charge in [0.25, 0.3) is 5.91 Å². The predicted octanol–water partition coefficient (Wildman–Crippen LogP) is 0.378. The van der Waals surface area contributed by atoms with Crippen LogP contribution in [0.5, 0.6) is 0 Å². The number of amides is 1. The van der Waals surface area contributed by atoms with Gasteiger partial charge in [0.1, 0.15) is 6.10 Å². The van der Waals surface area contributed by atoms with Crippen LogP contribution in [0, 0.1) is 5.92 Å². The number of hydrogen-bond donors (Lipinski definition) is 1. The number of ether oxygens (including phenoxy) is 2. The van der Waals surface area contributed by atoms with Crippen molar-refractivity contribution in [3.63, 3.8) is 0 Å². The summed E-state index contributed by atoms with van der Waals surface area (Å²) in [6, 6.07) is 0. The molecular weight excluding hydrogens is 232 g/mol. The fourth-order valence-corrected chi connectivity index (χ4v) is 2.82. The van der Waals surface area contributed by atoms with Gasteiger partial charge >= 0.3 is 0 Å². The molecule has 2 aliphatic rings. The summed E-state index contributed by atoms with van der Waals surface area (Å²) in [6.45, 7) is 2.98. The quantitative estimate of drug-likeness (QED) is 0.789. The molecule has 0 bridgehead atoms. The minimum Gasteiger partial charge on any atom is -0.384 e. The minimum atomic E-state index is -0.252. The summed E-state index contributed by atoms with van der Waals surface area (Å²) in [6.07, 6.45) is 3.62. The third-order valence-corrected chi connectivity index (χ3v) is 3.97. The minimum absolute atomic E-state index is 0.0741. The Labute approximate surface area is 109 Å². The molecule has 1 amide bonds. The summed E-state index contributed by atoms with van der Waals surface area (Å²) < 4.78 is 10.8. The van der Waals surface area contributed by atoms with Gasteiger partial charge < -0.3 is 20.1 Å². The zero-order valence-electron chi connectivity index (χ0n) is 11.1. The molecule has 2 fully saturated rings. The van der Waals surface area contributed by atoms with Crippen LogP contribution in [0.4, 0.5) is 0 Å². The standard InChI is InChI=1S/C13H24N2O3/c1-17-9-10-4-6-15(7-5-10)13(16)12-3-2-11(8-14)18-12/h10-12H,2-9,14H2,1H3. The molecule has 104 valence electrons. The first-order valence-electron chi connectivity index (χ1n) is 6.87. The highest BCUT2D eigenvalue weighted by Gasteiger charge is 2.34. The molecule has 0 radical (unpaired) electrons. The van der Waals surface area contributed by atoms with Gasteiger partial charge in [-0.25, -0.2) is 0 Å². The van der Waals surface area contributed by atoms with E-state index in [1.807, 2.05) is 4.90 Å². The maximum Gasteiger partial charge on any atom is 0.251 e. The van der Waals surface area contributed by atoms with Crippen molar-refractivity contribution in [1.29, 1.82) is 0 Å². The van der Waals surface area contributed by atoms with Crippen LogP contribution in [0.15, 0.2) is 0 Å². The Kier molecular flexibility index (Phi) is 4.97. The molecule has 18 heavy (non-hydrogen) atoms. The molecule has 2 heterocycles. The lowest BCUT2D eigenvalue weighted by atomic mass is 9.97. The molecule has 0 spiro atoms. The van der Waals surface area contributed by atoms with Gasteiger partial charge in [-0.15, -0.1) is 0 Å². The molecule has 2 saturated heterocycles. The smallest absolute Gasteiger partial charge is 0.251 e. The SMILES string of the molecule is COCC1CCN(C(=O)C2CCC(CN)O2)CC1. The van der Waals surface area contributed by atoms with E-state index in [0.717, 1.165) is 45.4 Å². The van der Waals surface area contributed by atoms with Crippen molar-refractivity contribution in [3.05, 3.63) is 0 Å². The number of hydrogen-bond acceptors (Lipinski definition) is 4. The molecule has 2 rings (SSSR count). The number of likely N-dealkylation sites (tertiary alicyclic amines) is 1. The molecule has 5 nitrogen and oxygen atoms in total. The molecule has 0 saturated carbocycles. The van der Waals surface area contributed by atoms with E-state index in [-0.39, 0.29) is 18.1 Å². The first-order valence-corrected chi connectivity index (χ1v) is 6.87. The fraction of sp³-hybridized carbons (Fsp3) is 0.923. The van der Waals surface area contributed by atoms with Gasteiger partial charge in [-0.1, -0.05) is 0 Å². The lowest BCUT2D eigenvalue weighted by Crippen LogP contribution is -2.44. The van der Waals surface area contributed by atoms with Crippen LogP contribution in [0.2, 0.25) is 0 Å². The molecule has 0 aromatic carbocycles. The molecule has 2 atom stereocenters. The van der Waals surface area contributed by atoms with Crippen molar-refractivity contribution in [2.75, 3.05) is 33.4 Å². The predicted molar refractivity (Wildman–Crippen MR) is 68.1 cm³/mol. The van der Waals surface area contributed by atoms with E-state index in [1.54, 1.807) is 7.11 Å². The van der Waals surface area contributed by atoms with Crippen molar-refractivity contribution in [1.82, 2.24) is 4.90 Å². The Hall–Kier alpha value is -0.650. The largest absolute Gasteiger partial charge is 0.384 e. The average molecular weight is 256 g/mol. The average Bonchev–Trinajstić information content (AvgIpc) is 2.88. The summed E-state index contributed by atoms with van der Waals surface area (Å²) in [5, 5.41) is 0. The second-order valence-corrected chi connectivity index (χ2v) is 5.28. The van der Waals surface area contributed by atoms with Gasteiger partial charge in [-0.3, -0.25) is 4.79 Å². The van der Waals surface area contributed by atoms with E-state index >= 15 is 0 Å². The maximum absolute atomic E-state index is 12.3. The van der Waals surface area contributed by atoms with Crippen molar-refractivity contribution in [2.45, 2.75) is 37.9 Å². The Morgan fingerprint density at radius 1 is 1.33 bits per heavy atom. The number of rotatable bonds is 4. The molecule has 0 aromatic heterocycles. The fourth-order valence-electron chi connectivity index (χ4n) is 2.82. The molecule has 2 N–H and O–H groups in total. The van der Waals surface area contributed by atoms with Gasteiger partial charge in [-0.05, 0) is 31.6 Å². The van der Waals surface area contributed by atoms with E-state index in [4.69, 9.17) is 15.2 Å². The first-order chi connectivity index (χ1) is 8.74. The van der Waals surface area contributed by atoms with E-state index < -0.39 is 0 Å². The lowest BCUT2D eigenvalue weighted by Gasteiger charge is -2.33. The third kappa shape index (κ3) is 3.22. The van der Waals surface area contributed by atoms with Crippen molar-refractivity contribution in [2.24, 2.45) is 11.7 Å². The number of nitrogens with zero attached hydrogens (tertiary/aromatic N) is 1. The summed E-state index contributed by atoms with van der Waals surface area (Å²) in [5.74, 6) is 0.752. The second kappa shape index (κ2) is 6.50. The third-order valence-electron chi connectivity index (χ3n) is 3.97. The van der Waals surface area contributed by atoms with Crippen molar-refractivity contribution >= 4 is 5.91 Å². The maximum atomic E-state index is 12.3. The zero-order chi connectivity index (χ0) is 13.0. The highest BCUT2D eigenvalue weighted by Crippen LogP contribution is 2.24. The summed E-state index contributed by atoms with van der Waals surface area (Å²) in [4.78, 5) is 14.2. The van der Waals surface area contributed by atoms with Gasteiger partial charge in [0, 0.05) is 33.4 Å². The van der Waals surface area contributed by atoms with E-state index in [9.17, 15) is 4.79 Å². The summed E-state index contributed by atoms with van der Waals surface area (Å²) in [7, 11) is 1.73. The van der Waals surface area contributed by atoms with Crippen molar-refractivity contribution in [3.8, 4) is 0 Å². The molecule has 0 aliphatic carbocycles. The number of methoxy groups -OCH3 is 1. The van der Waals surface area contributed by atoms with Crippen LogP contribution in [0.3, 0.4) is 0 Å². The van der Waals surface area contributed by atoms with Crippen molar-refractivity contribution < 1.29 is 14.3 Å². The Balaban J connectivity index is 1.77. The van der Waals surface area contributed by atoms with Gasteiger partial charge in [0.2, 0.25) is 0 Å². The second-order valence-electron chi connectivity index (χ2n) is 5.28. The molecule has 2 unspecified atom stereocenters. The Morgan fingerprint density at radius 2 is 2.06 bits per heavy atom. The van der Waals surface area contributed by atoms with Crippen LogP contribution in [0.25, 0.3) is 0 Å². The molecular formula is C13H24N2O3. The van der Waals surface area contributed by atoms with E-state index in [2.05, 4.69) is 0 Å². The monoisotopic (exact) mass is 256 g/mol. The summed E-state index contributed by atoms with van der Waals surface area (Å²) in [5.41, 5.74) is 5.56. The number of nitrogens with two attached hydrogens (primary N) is 1. The summed E-state index contributed by atoms with van der Waals surface area (Å²) >= 11 is 0. The van der Waals surface area contributed by atoms with Crippen LogP contribution in [0.1, 0.15) is 25.7 Å². The van der Waals surface area contributed by atoms with Crippen LogP contribution < -0.4 is 5.73 Å². The number of piperidine rings is 1. The molecule has 5 heteroatoms. The highest BCUT2D eigenvalue weighted by atomic mass is 16.5. The Bertz CT molecular complexity index is 277. The lowest BCUT2D eigenvalue weighted by molar-refractivity contribution is -0.144. The normalized spacial score (nSPS) is 29.8. The van der Waals surface area contributed by atoms with Gasteiger partial charge in [-0.2, -0.15) is 0 Å². The highest BCUT2D eigenvalue weighted by molar-refractivity contribution is 5.81. The molecule has 2 aliphatic heterocycles. The molecule has 0 aromatic rings. The zero-order valence-corrected chi connectivity index (χ0v) is 11.1. The van der Waals surface area contributed by atoms with Gasteiger partial charge in [0.05, 0.1) is 6.10 Å². The first kappa shape index (κ1) is 13.8. The Morgan fingerprint density at radius 3 is 2.61 bits per heavy atom. The van der Waals surface area contributed by atoms with E-state index in [1.165, 1.54) is 0 Å². The van der Waals surface area contributed by atoms with E-state index in [0.29, 0.717) is 12.5 Å². The number of carbonyl (C=O) groups excluding carboxylic acids is 1. The number of carbonyl (C=O) groups is 1. The van der Waals surface area contributed by atoms with Crippen LogP contribution in [-0.2, 0) is 14.3 Å². The van der Waals surface area contributed by atoms with Gasteiger partial charge in [0.15, 0.2) is 0 Å². The van der Waals surface area contributed by atoms with Crippen LogP contribution in [-0.4, -0.2) is 56.4 Å². The van der Waals surface area contributed by atoms with Crippen LogP contribution >= 0.6 is 0 Å².